The first-order valence-electron chi connectivity index (χ1n) is 11.5. The number of rotatable bonds is 3. The Bertz CT molecular complexity index is 1410. The van der Waals surface area contributed by atoms with Gasteiger partial charge in [-0.15, -0.1) is 0 Å². The molecule has 1 saturated heterocycles. The second-order valence-electron chi connectivity index (χ2n) is 9.22. The molecule has 6 heteroatoms. The summed E-state index contributed by atoms with van der Waals surface area (Å²) in [5.74, 6) is -0.0453. The van der Waals surface area contributed by atoms with E-state index in [1.165, 1.54) is 0 Å². The van der Waals surface area contributed by atoms with Crippen LogP contribution in [0, 0.1) is 6.92 Å². The molecule has 6 rings (SSSR count). The molecule has 1 fully saturated rings. The van der Waals surface area contributed by atoms with Gasteiger partial charge in [0.15, 0.2) is 0 Å². The van der Waals surface area contributed by atoms with Crippen molar-refractivity contribution in [2.45, 2.75) is 32.0 Å². The normalized spacial score (nSPS) is 19.9. The SMILES string of the molecule is Cc1ccc(C2c3[nH]c4ccccc4c3CC3C(=O)N(Cc4ccc(Cl)cc4)CC(=O)N32)cc1. The Balaban J connectivity index is 1.44. The zero-order valence-electron chi connectivity index (χ0n) is 18.8. The number of aryl methyl sites for hydroxylation is 1. The topological polar surface area (TPSA) is 56.4 Å². The van der Waals surface area contributed by atoms with E-state index in [0.29, 0.717) is 18.0 Å². The number of benzene rings is 3. The highest BCUT2D eigenvalue weighted by Gasteiger charge is 2.48. The molecule has 2 amide bonds. The van der Waals surface area contributed by atoms with Gasteiger partial charge < -0.3 is 14.8 Å². The first-order chi connectivity index (χ1) is 16.5. The fourth-order valence-corrected chi connectivity index (χ4v) is 5.49. The molecular formula is C28H24ClN3O2. The average Bonchev–Trinajstić information content (AvgIpc) is 3.21. The number of fused-ring (bicyclic) bond motifs is 4. The number of hydrogen-bond acceptors (Lipinski definition) is 2. The highest BCUT2D eigenvalue weighted by atomic mass is 35.5. The Labute approximate surface area is 202 Å². The third-order valence-corrected chi connectivity index (χ3v) is 7.27. The van der Waals surface area contributed by atoms with E-state index in [-0.39, 0.29) is 24.4 Å². The summed E-state index contributed by atoms with van der Waals surface area (Å²) >= 11 is 6.02. The second-order valence-corrected chi connectivity index (χ2v) is 9.65. The van der Waals surface area contributed by atoms with Gasteiger partial charge in [0.25, 0.3) is 0 Å². The maximum absolute atomic E-state index is 13.8. The summed E-state index contributed by atoms with van der Waals surface area (Å²) in [6.07, 6.45) is 0.503. The molecular weight excluding hydrogens is 446 g/mol. The van der Waals surface area contributed by atoms with Crippen molar-refractivity contribution in [3.63, 3.8) is 0 Å². The molecule has 1 aromatic heterocycles. The number of aromatic amines is 1. The van der Waals surface area contributed by atoms with E-state index >= 15 is 0 Å². The summed E-state index contributed by atoms with van der Waals surface area (Å²) in [5.41, 5.74) is 6.28. The van der Waals surface area contributed by atoms with Crippen molar-refractivity contribution in [3.05, 3.63) is 106 Å². The van der Waals surface area contributed by atoms with Crippen LogP contribution >= 0.6 is 11.6 Å². The third kappa shape index (κ3) is 3.39. The maximum atomic E-state index is 13.8. The molecule has 170 valence electrons. The number of amides is 2. The molecule has 3 aromatic carbocycles. The minimum Gasteiger partial charge on any atom is -0.356 e. The summed E-state index contributed by atoms with van der Waals surface area (Å²) in [6.45, 7) is 2.50. The van der Waals surface area contributed by atoms with Crippen LogP contribution in [0.1, 0.15) is 34.0 Å². The number of para-hydroxylation sites is 1. The molecule has 2 unspecified atom stereocenters. The van der Waals surface area contributed by atoms with E-state index in [1.54, 1.807) is 4.90 Å². The van der Waals surface area contributed by atoms with E-state index in [2.05, 4.69) is 41.4 Å². The maximum Gasteiger partial charge on any atom is 0.246 e. The van der Waals surface area contributed by atoms with Gasteiger partial charge in [-0.05, 0) is 41.8 Å². The fraction of sp³-hybridized carbons (Fsp3) is 0.214. The molecule has 0 saturated carbocycles. The summed E-state index contributed by atoms with van der Waals surface area (Å²) < 4.78 is 0. The van der Waals surface area contributed by atoms with Crippen molar-refractivity contribution in [2.75, 3.05) is 6.54 Å². The fourth-order valence-electron chi connectivity index (χ4n) is 5.36. The van der Waals surface area contributed by atoms with Gasteiger partial charge in [0.05, 0.1) is 6.04 Å². The van der Waals surface area contributed by atoms with Gasteiger partial charge in [-0.3, -0.25) is 9.59 Å². The van der Waals surface area contributed by atoms with Crippen LogP contribution < -0.4 is 0 Å². The zero-order chi connectivity index (χ0) is 23.4. The van der Waals surface area contributed by atoms with Crippen molar-refractivity contribution in [1.29, 1.82) is 0 Å². The van der Waals surface area contributed by atoms with E-state index in [0.717, 1.165) is 38.9 Å². The van der Waals surface area contributed by atoms with Crippen molar-refractivity contribution in [2.24, 2.45) is 0 Å². The summed E-state index contributed by atoms with van der Waals surface area (Å²) in [5, 5.41) is 1.76. The Kier molecular flexibility index (Phi) is 4.96. The zero-order valence-corrected chi connectivity index (χ0v) is 19.5. The quantitative estimate of drug-likeness (QED) is 0.458. The van der Waals surface area contributed by atoms with E-state index in [9.17, 15) is 9.59 Å². The summed E-state index contributed by atoms with van der Waals surface area (Å²) in [6, 6.07) is 23.0. The van der Waals surface area contributed by atoms with Crippen LogP contribution in [0.4, 0.5) is 0 Å². The van der Waals surface area contributed by atoms with Crippen LogP contribution in [0.5, 0.6) is 0 Å². The minimum atomic E-state index is -0.536. The number of nitrogens with one attached hydrogen (secondary N) is 1. The predicted octanol–water partition coefficient (Wildman–Crippen LogP) is 5.01. The smallest absolute Gasteiger partial charge is 0.246 e. The molecule has 2 atom stereocenters. The molecule has 4 aromatic rings. The highest BCUT2D eigenvalue weighted by molar-refractivity contribution is 6.30. The largest absolute Gasteiger partial charge is 0.356 e. The van der Waals surface area contributed by atoms with Crippen molar-refractivity contribution >= 4 is 34.3 Å². The van der Waals surface area contributed by atoms with Gasteiger partial charge in [0.2, 0.25) is 11.8 Å². The molecule has 34 heavy (non-hydrogen) atoms. The molecule has 1 N–H and O–H groups in total. The Morgan fingerprint density at radius 1 is 0.971 bits per heavy atom. The van der Waals surface area contributed by atoms with E-state index < -0.39 is 6.04 Å². The highest BCUT2D eigenvalue weighted by Crippen LogP contribution is 2.42. The second kappa shape index (κ2) is 8.03. The first-order valence-corrected chi connectivity index (χ1v) is 11.9. The minimum absolute atomic E-state index is 0.0115. The van der Waals surface area contributed by atoms with Crippen LogP contribution in [0.3, 0.4) is 0 Å². The van der Waals surface area contributed by atoms with Crippen LogP contribution in [-0.2, 0) is 22.6 Å². The number of hydrogen-bond donors (Lipinski definition) is 1. The summed E-state index contributed by atoms with van der Waals surface area (Å²) in [7, 11) is 0. The average molecular weight is 470 g/mol. The van der Waals surface area contributed by atoms with Crippen LogP contribution in [0.25, 0.3) is 10.9 Å². The van der Waals surface area contributed by atoms with Crippen LogP contribution in [0.2, 0.25) is 5.02 Å². The Morgan fingerprint density at radius 3 is 2.47 bits per heavy atom. The van der Waals surface area contributed by atoms with Crippen molar-refractivity contribution in [1.82, 2.24) is 14.8 Å². The molecule has 2 aliphatic heterocycles. The number of halogens is 1. The van der Waals surface area contributed by atoms with Crippen molar-refractivity contribution in [3.8, 4) is 0 Å². The van der Waals surface area contributed by atoms with Gasteiger partial charge >= 0.3 is 0 Å². The lowest BCUT2D eigenvalue weighted by atomic mass is 9.86. The van der Waals surface area contributed by atoms with Crippen LogP contribution in [0.15, 0.2) is 72.8 Å². The van der Waals surface area contributed by atoms with E-state index in [1.807, 2.05) is 48.2 Å². The van der Waals surface area contributed by atoms with Crippen LogP contribution in [-0.4, -0.2) is 39.2 Å². The van der Waals surface area contributed by atoms with Gasteiger partial charge in [-0.2, -0.15) is 0 Å². The number of carbonyl (C=O) groups excluding carboxylic acids is 2. The number of piperazine rings is 1. The third-order valence-electron chi connectivity index (χ3n) is 7.02. The number of carbonyl (C=O) groups is 2. The number of nitrogens with zero attached hydrogens (tertiary/aromatic N) is 2. The Morgan fingerprint density at radius 2 is 1.71 bits per heavy atom. The van der Waals surface area contributed by atoms with Gasteiger partial charge in [0, 0.05) is 34.6 Å². The van der Waals surface area contributed by atoms with Gasteiger partial charge in [0.1, 0.15) is 12.6 Å². The molecule has 0 aliphatic carbocycles. The summed E-state index contributed by atoms with van der Waals surface area (Å²) in [4.78, 5) is 34.4. The van der Waals surface area contributed by atoms with Gasteiger partial charge in [-0.1, -0.05) is 71.8 Å². The first kappa shape index (κ1) is 21.0. The molecule has 0 bridgehead atoms. The lowest BCUT2D eigenvalue weighted by Gasteiger charge is -2.47. The molecule has 0 spiro atoms. The monoisotopic (exact) mass is 469 g/mol. The Hall–Kier alpha value is -3.57. The van der Waals surface area contributed by atoms with Crippen molar-refractivity contribution < 1.29 is 9.59 Å². The molecule has 3 heterocycles. The molecule has 5 nitrogen and oxygen atoms in total. The van der Waals surface area contributed by atoms with Gasteiger partial charge in [-0.25, -0.2) is 0 Å². The van der Waals surface area contributed by atoms with E-state index in [4.69, 9.17) is 11.6 Å². The number of aromatic nitrogens is 1. The standard InChI is InChI=1S/C28H24ClN3O2/c1-17-6-10-19(11-7-17)27-26-22(21-4-2-3-5-23(21)30-26)14-24-28(34)31(16-25(33)32(24)27)15-18-8-12-20(29)13-9-18/h2-13,24,27,30H,14-16H2,1H3. The number of H-pyrrole nitrogens is 1. The lowest BCUT2D eigenvalue weighted by Crippen LogP contribution is -2.62. The lowest BCUT2D eigenvalue weighted by molar-refractivity contribution is -0.159. The predicted molar refractivity (Wildman–Crippen MR) is 133 cm³/mol. The molecule has 0 radical (unpaired) electrons. The molecule has 2 aliphatic rings.